The summed E-state index contributed by atoms with van der Waals surface area (Å²) in [5.74, 6) is -1.69. The lowest BCUT2D eigenvalue weighted by atomic mass is 9.86. The van der Waals surface area contributed by atoms with E-state index in [-0.39, 0.29) is 16.7 Å². The Labute approximate surface area is 123 Å². The molecule has 4 nitrogen and oxygen atoms in total. The molecule has 0 unspecified atom stereocenters. The van der Waals surface area contributed by atoms with Gasteiger partial charge in [-0.1, -0.05) is 45.0 Å². The number of hydrogen-bond donors (Lipinski definition) is 3. The van der Waals surface area contributed by atoms with Crippen molar-refractivity contribution in [3.63, 3.8) is 0 Å². The van der Waals surface area contributed by atoms with Gasteiger partial charge in [0.25, 0.3) is 0 Å². The average molecular weight is 286 g/mol. The van der Waals surface area contributed by atoms with E-state index in [9.17, 15) is 20.1 Å². The molecule has 0 amide bonds. The fourth-order valence-electron chi connectivity index (χ4n) is 2.10. The summed E-state index contributed by atoms with van der Waals surface area (Å²) in [6, 6.07) is 9.07. The van der Waals surface area contributed by atoms with Gasteiger partial charge < -0.3 is 15.3 Å². The number of carbonyl (C=O) groups is 1. The standard InChI is InChI=1S/C17H18O4/c1-17(2,3)11-6-4-10(5-7-11)16(21)15-13(19)8-12(18)9-14(15)20/h4-9,18-20H,1-3H3. The second-order valence-corrected chi connectivity index (χ2v) is 6.02. The second-order valence-electron chi connectivity index (χ2n) is 6.02. The smallest absolute Gasteiger partial charge is 0.200 e. The third-order valence-electron chi connectivity index (χ3n) is 3.32. The van der Waals surface area contributed by atoms with Crippen LogP contribution in [-0.2, 0) is 5.41 Å². The topological polar surface area (TPSA) is 77.8 Å². The van der Waals surface area contributed by atoms with Gasteiger partial charge in [-0.2, -0.15) is 0 Å². The SMILES string of the molecule is CC(C)(C)c1ccc(C(=O)c2c(O)cc(O)cc2O)cc1. The Kier molecular flexibility index (Phi) is 3.64. The molecule has 0 fully saturated rings. The maximum Gasteiger partial charge on any atom is 0.200 e. The van der Waals surface area contributed by atoms with Crippen molar-refractivity contribution >= 4 is 5.78 Å². The normalized spacial score (nSPS) is 11.4. The first kappa shape index (κ1) is 14.9. The lowest BCUT2D eigenvalue weighted by molar-refractivity contribution is 0.103. The minimum Gasteiger partial charge on any atom is -0.508 e. The van der Waals surface area contributed by atoms with E-state index in [1.54, 1.807) is 12.1 Å². The van der Waals surface area contributed by atoms with Gasteiger partial charge in [-0.15, -0.1) is 0 Å². The average Bonchev–Trinajstić information content (AvgIpc) is 2.36. The van der Waals surface area contributed by atoms with Gasteiger partial charge >= 0.3 is 0 Å². The van der Waals surface area contributed by atoms with Crippen molar-refractivity contribution in [2.45, 2.75) is 26.2 Å². The van der Waals surface area contributed by atoms with Gasteiger partial charge in [-0.25, -0.2) is 0 Å². The number of benzene rings is 2. The molecule has 0 aromatic heterocycles. The zero-order valence-electron chi connectivity index (χ0n) is 12.2. The minimum atomic E-state index is -0.495. The van der Waals surface area contributed by atoms with Crippen LogP contribution in [0.25, 0.3) is 0 Å². The summed E-state index contributed by atoms with van der Waals surface area (Å²) in [7, 11) is 0. The molecule has 2 aromatic carbocycles. The van der Waals surface area contributed by atoms with E-state index in [4.69, 9.17) is 0 Å². The van der Waals surface area contributed by atoms with E-state index < -0.39 is 17.3 Å². The van der Waals surface area contributed by atoms with Crippen LogP contribution in [0.3, 0.4) is 0 Å². The van der Waals surface area contributed by atoms with Crippen molar-refractivity contribution in [2.75, 3.05) is 0 Å². The van der Waals surface area contributed by atoms with Crippen LogP contribution in [0.2, 0.25) is 0 Å². The van der Waals surface area contributed by atoms with Crippen molar-refractivity contribution in [2.24, 2.45) is 0 Å². The van der Waals surface area contributed by atoms with Crippen LogP contribution in [0.15, 0.2) is 36.4 Å². The summed E-state index contributed by atoms with van der Waals surface area (Å²) in [5.41, 5.74) is 1.21. The fraction of sp³-hybridized carbons (Fsp3) is 0.235. The molecular weight excluding hydrogens is 268 g/mol. The molecule has 0 aliphatic carbocycles. The van der Waals surface area contributed by atoms with Crippen LogP contribution in [0.5, 0.6) is 17.2 Å². The fourth-order valence-corrected chi connectivity index (χ4v) is 2.10. The van der Waals surface area contributed by atoms with Crippen molar-refractivity contribution in [3.05, 3.63) is 53.1 Å². The molecule has 0 radical (unpaired) electrons. The van der Waals surface area contributed by atoms with Gasteiger partial charge in [0.05, 0.1) is 0 Å². The Morgan fingerprint density at radius 1 is 0.905 bits per heavy atom. The van der Waals surface area contributed by atoms with Crippen LogP contribution in [-0.4, -0.2) is 21.1 Å². The highest BCUT2D eigenvalue weighted by Gasteiger charge is 2.20. The minimum absolute atomic E-state index is 0.0234. The Morgan fingerprint density at radius 3 is 1.81 bits per heavy atom. The van der Waals surface area contributed by atoms with E-state index in [1.165, 1.54) is 0 Å². The van der Waals surface area contributed by atoms with Crippen molar-refractivity contribution in [3.8, 4) is 17.2 Å². The zero-order valence-corrected chi connectivity index (χ0v) is 12.2. The monoisotopic (exact) mass is 286 g/mol. The van der Waals surface area contributed by atoms with Gasteiger partial charge in [-0.3, -0.25) is 4.79 Å². The Bertz CT molecular complexity index is 656. The van der Waals surface area contributed by atoms with E-state index >= 15 is 0 Å². The quantitative estimate of drug-likeness (QED) is 0.740. The number of phenolic OH excluding ortho intramolecular Hbond substituents is 3. The van der Waals surface area contributed by atoms with E-state index in [1.807, 2.05) is 12.1 Å². The predicted octanol–water partition coefficient (Wildman–Crippen LogP) is 3.33. The zero-order chi connectivity index (χ0) is 15.8. The first-order valence-electron chi connectivity index (χ1n) is 6.60. The maximum absolute atomic E-state index is 12.4. The first-order chi connectivity index (χ1) is 9.70. The van der Waals surface area contributed by atoms with Gasteiger partial charge in [-0.05, 0) is 11.0 Å². The van der Waals surface area contributed by atoms with E-state index in [2.05, 4.69) is 20.8 Å². The first-order valence-corrected chi connectivity index (χ1v) is 6.60. The molecule has 3 N–H and O–H groups in total. The van der Waals surface area contributed by atoms with Crippen LogP contribution in [0, 0.1) is 0 Å². The van der Waals surface area contributed by atoms with Crippen molar-refractivity contribution in [1.29, 1.82) is 0 Å². The van der Waals surface area contributed by atoms with Gasteiger partial charge in [0.2, 0.25) is 5.78 Å². The van der Waals surface area contributed by atoms with Crippen LogP contribution in [0.4, 0.5) is 0 Å². The Balaban J connectivity index is 2.42. The summed E-state index contributed by atoms with van der Waals surface area (Å²) in [6.45, 7) is 6.21. The molecule has 0 bridgehead atoms. The largest absolute Gasteiger partial charge is 0.508 e. The molecule has 0 saturated carbocycles. The maximum atomic E-state index is 12.4. The summed E-state index contributed by atoms with van der Waals surface area (Å²) in [5, 5.41) is 28.8. The number of ketones is 1. The molecule has 4 heteroatoms. The summed E-state index contributed by atoms with van der Waals surface area (Å²) < 4.78 is 0. The van der Waals surface area contributed by atoms with Gasteiger partial charge in [0.15, 0.2) is 0 Å². The third kappa shape index (κ3) is 2.99. The molecule has 0 aliphatic heterocycles. The highest BCUT2D eigenvalue weighted by molar-refractivity contribution is 6.12. The van der Waals surface area contributed by atoms with Crippen molar-refractivity contribution < 1.29 is 20.1 Å². The Morgan fingerprint density at radius 2 is 1.38 bits per heavy atom. The number of rotatable bonds is 2. The predicted molar refractivity (Wildman–Crippen MR) is 80.0 cm³/mol. The number of phenols is 3. The molecule has 2 aromatic rings. The van der Waals surface area contributed by atoms with E-state index in [0.29, 0.717) is 5.56 Å². The molecule has 0 heterocycles. The molecule has 21 heavy (non-hydrogen) atoms. The lowest BCUT2D eigenvalue weighted by Gasteiger charge is -2.19. The summed E-state index contributed by atoms with van der Waals surface area (Å²) >= 11 is 0. The molecule has 0 aliphatic rings. The third-order valence-corrected chi connectivity index (χ3v) is 3.32. The summed E-state index contributed by atoms with van der Waals surface area (Å²) in [6.07, 6.45) is 0. The number of aromatic hydroxyl groups is 3. The number of carbonyl (C=O) groups excluding carboxylic acids is 1. The van der Waals surface area contributed by atoms with Crippen LogP contribution < -0.4 is 0 Å². The highest BCUT2D eigenvalue weighted by Crippen LogP contribution is 2.34. The second kappa shape index (κ2) is 5.13. The van der Waals surface area contributed by atoms with Crippen LogP contribution >= 0.6 is 0 Å². The lowest BCUT2D eigenvalue weighted by Crippen LogP contribution is -2.11. The summed E-state index contributed by atoms with van der Waals surface area (Å²) in [4.78, 5) is 12.4. The molecule has 110 valence electrons. The van der Waals surface area contributed by atoms with Gasteiger partial charge in [0.1, 0.15) is 22.8 Å². The molecule has 0 spiro atoms. The molecular formula is C17H18O4. The molecule has 0 saturated heterocycles. The molecule has 0 atom stereocenters. The van der Waals surface area contributed by atoms with Crippen LogP contribution in [0.1, 0.15) is 42.3 Å². The van der Waals surface area contributed by atoms with Crippen molar-refractivity contribution in [1.82, 2.24) is 0 Å². The Hall–Kier alpha value is -2.49. The van der Waals surface area contributed by atoms with E-state index in [0.717, 1.165) is 17.7 Å². The molecule has 2 rings (SSSR count). The highest BCUT2D eigenvalue weighted by atomic mass is 16.3. The van der Waals surface area contributed by atoms with Gasteiger partial charge in [0, 0.05) is 17.7 Å². The number of hydrogen-bond acceptors (Lipinski definition) is 4.